The lowest BCUT2D eigenvalue weighted by Crippen LogP contribution is -2.48. The highest BCUT2D eigenvalue weighted by molar-refractivity contribution is 6.32. The largest absolute Gasteiger partial charge is 0.465 e. The van der Waals surface area contributed by atoms with Gasteiger partial charge in [-0.2, -0.15) is 13.2 Å². The summed E-state index contributed by atoms with van der Waals surface area (Å²) in [4.78, 5) is 28.0. The molecule has 2 aliphatic rings. The Kier molecular flexibility index (Phi) is 6.27. The van der Waals surface area contributed by atoms with E-state index in [1.807, 2.05) is 20.8 Å². The molecule has 3 unspecified atom stereocenters. The Hall–Kier alpha value is -2.82. The number of nitrogens with zero attached hydrogens (tertiary/aromatic N) is 5. The molecule has 3 heterocycles. The molecule has 0 aliphatic carbocycles. The minimum atomic E-state index is -4.60. The fourth-order valence-electron chi connectivity index (χ4n) is 5.30. The van der Waals surface area contributed by atoms with Gasteiger partial charge in [0.2, 0.25) is 5.82 Å². The second kappa shape index (κ2) is 8.69. The van der Waals surface area contributed by atoms with Crippen molar-refractivity contribution < 1.29 is 27.9 Å². The van der Waals surface area contributed by atoms with Gasteiger partial charge in [-0.3, -0.25) is 4.79 Å². The summed E-state index contributed by atoms with van der Waals surface area (Å²) in [7, 11) is 0. The molecule has 1 saturated heterocycles. The van der Waals surface area contributed by atoms with Gasteiger partial charge in [-0.05, 0) is 30.4 Å². The molecule has 2 amide bonds. The second-order valence-corrected chi connectivity index (χ2v) is 10.6. The molecular weight excluding hydrogens is 487 g/mol. The summed E-state index contributed by atoms with van der Waals surface area (Å²) < 4.78 is 41.6. The Morgan fingerprint density at radius 3 is 2.51 bits per heavy atom. The smallest absolute Gasteiger partial charge is 0.417 e. The number of hydrogen-bond acceptors (Lipinski definition) is 4. The van der Waals surface area contributed by atoms with E-state index >= 15 is 0 Å². The van der Waals surface area contributed by atoms with E-state index in [1.54, 1.807) is 11.5 Å². The molecule has 1 N–H and O–H groups in total. The fraction of sp³-hybridized carbons (Fsp3) is 0.565. The van der Waals surface area contributed by atoms with Crippen molar-refractivity contribution in [1.29, 1.82) is 0 Å². The van der Waals surface area contributed by atoms with Crippen molar-refractivity contribution in [2.24, 2.45) is 5.41 Å². The average molecular weight is 514 g/mol. The number of rotatable bonds is 3. The summed E-state index contributed by atoms with van der Waals surface area (Å²) in [6.45, 7) is 8.28. The topological polar surface area (TPSA) is 91.6 Å². The number of carboxylic acid groups (broad SMARTS) is 1. The van der Waals surface area contributed by atoms with Crippen LogP contribution in [-0.4, -0.2) is 60.3 Å². The predicted octanol–water partition coefficient (Wildman–Crippen LogP) is 4.88. The SMILES string of the molecule is CC1Cn2c(nnc2C2CCN(C(=O)O)C2C(C)(C)C)C(=O)N1Cc1cccc(C(F)(F)F)c1Cl. The molecule has 0 spiro atoms. The number of fused-ring (bicyclic) bond motifs is 1. The van der Waals surface area contributed by atoms with Crippen LogP contribution in [0.1, 0.15) is 67.6 Å². The maximum atomic E-state index is 13.3. The maximum Gasteiger partial charge on any atom is 0.417 e. The van der Waals surface area contributed by atoms with Crippen molar-refractivity contribution in [3.63, 3.8) is 0 Å². The number of likely N-dealkylation sites (tertiary alicyclic amines) is 1. The predicted molar refractivity (Wildman–Crippen MR) is 121 cm³/mol. The molecule has 35 heavy (non-hydrogen) atoms. The Bertz CT molecular complexity index is 1160. The second-order valence-electron chi connectivity index (χ2n) is 10.2. The number of carbonyl (C=O) groups excluding carboxylic acids is 1. The Morgan fingerprint density at radius 2 is 1.91 bits per heavy atom. The van der Waals surface area contributed by atoms with E-state index in [2.05, 4.69) is 10.2 Å². The molecule has 8 nitrogen and oxygen atoms in total. The molecule has 4 rings (SSSR count). The van der Waals surface area contributed by atoms with Crippen LogP contribution in [0.3, 0.4) is 0 Å². The highest BCUT2D eigenvalue weighted by Gasteiger charge is 2.48. The molecule has 0 saturated carbocycles. The molecule has 0 bridgehead atoms. The number of alkyl halides is 3. The van der Waals surface area contributed by atoms with Crippen molar-refractivity contribution in [3.05, 3.63) is 46.0 Å². The fourth-order valence-corrected chi connectivity index (χ4v) is 5.59. The van der Waals surface area contributed by atoms with Gasteiger partial charge in [-0.15, -0.1) is 10.2 Å². The monoisotopic (exact) mass is 513 g/mol. The van der Waals surface area contributed by atoms with E-state index in [0.29, 0.717) is 25.3 Å². The number of carbonyl (C=O) groups is 2. The van der Waals surface area contributed by atoms with Gasteiger partial charge in [0.15, 0.2) is 0 Å². The van der Waals surface area contributed by atoms with E-state index < -0.39 is 28.8 Å². The highest BCUT2D eigenvalue weighted by atomic mass is 35.5. The summed E-state index contributed by atoms with van der Waals surface area (Å²) in [5.41, 5.74) is -1.13. The average Bonchev–Trinajstić information content (AvgIpc) is 3.35. The summed E-state index contributed by atoms with van der Waals surface area (Å²) in [5.74, 6) is -0.0588. The molecule has 1 aromatic heterocycles. The van der Waals surface area contributed by atoms with Crippen LogP contribution in [0.5, 0.6) is 0 Å². The van der Waals surface area contributed by atoms with Crippen LogP contribution in [-0.2, 0) is 19.3 Å². The van der Waals surface area contributed by atoms with Crippen LogP contribution < -0.4 is 0 Å². The van der Waals surface area contributed by atoms with E-state index in [4.69, 9.17) is 11.6 Å². The van der Waals surface area contributed by atoms with Crippen LogP contribution in [0.25, 0.3) is 0 Å². The third-order valence-corrected chi connectivity index (χ3v) is 7.24. The lowest BCUT2D eigenvalue weighted by Gasteiger charge is -2.38. The van der Waals surface area contributed by atoms with Crippen molar-refractivity contribution in [2.45, 2.75) is 71.4 Å². The molecule has 2 aliphatic heterocycles. The Labute approximate surface area is 205 Å². The molecule has 12 heteroatoms. The first-order valence-corrected chi connectivity index (χ1v) is 11.7. The van der Waals surface area contributed by atoms with Crippen molar-refractivity contribution >= 4 is 23.6 Å². The summed E-state index contributed by atoms with van der Waals surface area (Å²) in [6.07, 6.45) is -5.05. The lowest BCUT2D eigenvalue weighted by molar-refractivity contribution is -0.137. The molecule has 1 aromatic carbocycles. The van der Waals surface area contributed by atoms with E-state index in [1.165, 1.54) is 21.9 Å². The van der Waals surface area contributed by atoms with Gasteiger partial charge in [0.25, 0.3) is 5.91 Å². The highest BCUT2D eigenvalue weighted by Crippen LogP contribution is 2.43. The summed E-state index contributed by atoms with van der Waals surface area (Å²) >= 11 is 6.05. The van der Waals surface area contributed by atoms with Crippen molar-refractivity contribution in [2.75, 3.05) is 6.54 Å². The van der Waals surface area contributed by atoms with E-state index in [9.17, 15) is 27.9 Å². The molecule has 190 valence electrons. The zero-order valence-electron chi connectivity index (χ0n) is 19.8. The van der Waals surface area contributed by atoms with Crippen LogP contribution in [0.15, 0.2) is 18.2 Å². The van der Waals surface area contributed by atoms with Gasteiger partial charge >= 0.3 is 12.3 Å². The minimum absolute atomic E-state index is 0.0858. The Morgan fingerprint density at radius 1 is 1.23 bits per heavy atom. The third kappa shape index (κ3) is 4.46. The normalized spacial score (nSPS) is 23.1. The van der Waals surface area contributed by atoms with Gasteiger partial charge in [0.05, 0.1) is 10.6 Å². The van der Waals surface area contributed by atoms with Crippen LogP contribution in [0, 0.1) is 5.41 Å². The molecule has 2 aromatic rings. The number of hydrogen-bond donors (Lipinski definition) is 1. The standard InChI is InChI=1S/C23H27ClF3N5O3/c1-12-10-32-18(14-8-9-30(21(34)35)17(14)22(2,3)4)28-29-19(32)20(33)31(12)11-13-6-5-7-15(16(13)24)23(25,26)27/h5-7,12,14,17H,8-11H2,1-4H3,(H,34,35). The Balaban J connectivity index is 1.65. The third-order valence-electron chi connectivity index (χ3n) is 6.80. The van der Waals surface area contributed by atoms with E-state index in [0.717, 1.165) is 6.07 Å². The van der Waals surface area contributed by atoms with Crippen molar-refractivity contribution in [1.82, 2.24) is 24.6 Å². The number of halogens is 4. The van der Waals surface area contributed by atoms with Gasteiger partial charge in [0, 0.05) is 37.6 Å². The van der Waals surface area contributed by atoms with Crippen LogP contribution in [0.2, 0.25) is 5.02 Å². The first-order chi connectivity index (χ1) is 16.2. The van der Waals surface area contributed by atoms with Gasteiger partial charge in [0.1, 0.15) is 5.82 Å². The zero-order chi connectivity index (χ0) is 25.9. The molecule has 1 fully saturated rings. The minimum Gasteiger partial charge on any atom is -0.465 e. The maximum absolute atomic E-state index is 13.3. The number of amides is 2. The molecule has 3 atom stereocenters. The quantitative estimate of drug-likeness (QED) is 0.632. The summed E-state index contributed by atoms with van der Waals surface area (Å²) in [5, 5.41) is 17.7. The molecule has 0 radical (unpaired) electrons. The zero-order valence-corrected chi connectivity index (χ0v) is 20.6. The number of benzene rings is 1. The number of aromatic nitrogens is 3. The van der Waals surface area contributed by atoms with Crippen LogP contribution in [0.4, 0.5) is 18.0 Å². The molecular formula is C23H27ClF3N5O3. The van der Waals surface area contributed by atoms with Gasteiger partial charge in [-0.25, -0.2) is 4.79 Å². The lowest BCUT2D eigenvalue weighted by atomic mass is 9.79. The first-order valence-electron chi connectivity index (χ1n) is 11.3. The van der Waals surface area contributed by atoms with Crippen LogP contribution >= 0.6 is 11.6 Å². The van der Waals surface area contributed by atoms with E-state index in [-0.39, 0.29) is 41.3 Å². The first kappa shape index (κ1) is 25.3. The van der Waals surface area contributed by atoms with Gasteiger partial charge in [-0.1, -0.05) is 44.5 Å². The van der Waals surface area contributed by atoms with Gasteiger partial charge < -0.3 is 19.5 Å². The summed E-state index contributed by atoms with van der Waals surface area (Å²) in [6, 6.07) is 2.92. The van der Waals surface area contributed by atoms with Crippen molar-refractivity contribution in [3.8, 4) is 0 Å².